The van der Waals surface area contributed by atoms with E-state index >= 15 is 0 Å². The highest BCUT2D eigenvalue weighted by atomic mass is 16.1. The topological polar surface area (TPSA) is 34.0 Å². The lowest BCUT2D eigenvalue weighted by Gasteiger charge is -2.14. The Kier molecular flexibility index (Phi) is 5.15. The summed E-state index contributed by atoms with van der Waals surface area (Å²) in [5.41, 5.74) is 5.12. The molecule has 0 aliphatic carbocycles. The maximum Gasteiger partial charge on any atom is 0.178 e. The minimum atomic E-state index is 0.123. The van der Waals surface area contributed by atoms with Gasteiger partial charge in [0, 0.05) is 28.7 Å². The molecule has 0 saturated heterocycles. The molecule has 0 radical (unpaired) electrons. The van der Waals surface area contributed by atoms with Crippen LogP contribution < -0.4 is 5.32 Å². The van der Waals surface area contributed by atoms with Crippen molar-refractivity contribution in [2.24, 2.45) is 0 Å². The van der Waals surface area contributed by atoms with Gasteiger partial charge < -0.3 is 9.88 Å². The third-order valence-corrected chi connectivity index (χ3v) is 4.61. The quantitative estimate of drug-likeness (QED) is 0.668. The molecule has 1 N–H and O–H groups in total. The van der Waals surface area contributed by atoms with Crippen molar-refractivity contribution in [1.82, 2.24) is 9.88 Å². The Hall–Kier alpha value is -2.65. The number of carbonyl (C=O) groups is 1. The maximum atomic E-state index is 12.7. The van der Waals surface area contributed by atoms with E-state index in [-0.39, 0.29) is 11.8 Å². The summed E-state index contributed by atoms with van der Waals surface area (Å²) in [5, 5.41) is 3.33. The highest BCUT2D eigenvalue weighted by molar-refractivity contribution is 5.99. The summed E-state index contributed by atoms with van der Waals surface area (Å²) in [6, 6.07) is 22.4. The molecule has 3 aromatic rings. The number of nitrogens with zero attached hydrogens (tertiary/aromatic N) is 1. The summed E-state index contributed by atoms with van der Waals surface area (Å²) in [6.07, 6.45) is 0. The third-order valence-electron chi connectivity index (χ3n) is 4.61. The van der Waals surface area contributed by atoms with Gasteiger partial charge in [-0.1, -0.05) is 48.5 Å². The van der Waals surface area contributed by atoms with Crippen molar-refractivity contribution < 1.29 is 4.79 Å². The number of para-hydroxylation sites is 1. The molecule has 1 aromatic heterocycles. The van der Waals surface area contributed by atoms with Crippen LogP contribution in [-0.2, 0) is 0 Å². The summed E-state index contributed by atoms with van der Waals surface area (Å²) >= 11 is 0. The van der Waals surface area contributed by atoms with Crippen molar-refractivity contribution in [3.63, 3.8) is 0 Å². The summed E-state index contributed by atoms with van der Waals surface area (Å²) in [7, 11) is 0. The van der Waals surface area contributed by atoms with Gasteiger partial charge in [-0.2, -0.15) is 0 Å². The summed E-state index contributed by atoms with van der Waals surface area (Å²) < 4.78 is 2.13. The van der Waals surface area contributed by atoms with E-state index in [0.717, 1.165) is 22.6 Å². The Bertz CT molecular complexity index is 850. The van der Waals surface area contributed by atoms with Crippen molar-refractivity contribution in [3.05, 3.63) is 89.2 Å². The first-order valence-corrected chi connectivity index (χ1v) is 8.64. The van der Waals surface area contributed by atoms with Gasteiger partial charge in [0.25, 0.3) is 0 Å². The van der Waals surface area contributed by atoms with E-state index in [4.69, 9.17) is 0 Å². The normalized spacial score (nSPS) is 12.1. The second-order valence-corrected chi connectivity index (χ2v) is 6.39. The van der Waals surface area contributed by atoms with Crippen LogP contribution in [0.15, 0.2) is 66.7 Å². The summed E-state index contributed by atoms with van der Waals surface area (Å²) in [5.74, 6) is 0.123. The zero-order valence-corrected chi connectivity index (χ0v) is 15.0. The number of benzene rings is 2. The average molecular weight is 332 g/mol. The molecule has 3 rings (SSSR count). The fourth-order valence-corrected chi connectivity index (χ4v) is 3.22. The van der Waals surface area contributed by atoms with E-state index in [1.54, 1.807) is 0 Å². The Balaban J connectivity index is 1.75. The van der Waals surface area contributed by atoms with Gasteiger partial charge in [0.05, 0.1) is 6.54 Å². The number of aromatic nitrogens is 1. The largest absolute Gasteiger partial charge is 0.318 e. The SMILES string of the molecule is Cc1cc(C(=O)CNC(C)c2ccccc2)c(C)n1-c1ccccc1. The van der Waals surface area contributed by atoms with Crippen LogP contribution in [0.2, 0.25) is 0 Å². The van der Waals surface area contributed by atoms with E-state index in [9.17, 15) is 4.79 Å². The average Bonchev–Trinajstić information content (AvgIpc) is 2.95. The molecular weight excluding hydrogens is 308 g/mol. The number of rotatable bonds is 6. The second-order valence-electron chi connectivity index (χ2n) is 6.39. The van der Waals surface area contributed by atoms with E-state index < -0.39 is 0 Å². The molecule has 3 nitrogen and oxygen atoms in total. The minimum Gasteiger partial charge on any atom is -0.318 e. The number of ketones is 1. The van der Waals surface area contributed by atoms with E-state index in [2.05, 4.69) is 41.1 Å². The molecule has 0 saturated carbocycles. The van der Waals surface area contributed by atoms with E-state index in [0.29, 0.717) is 6.54 Å². The lowest BCUT2D eigenvalue weighted by molar-refractivity contribution is 0.0987. The van der Waals surface area contributed by atoms with Crippen molar-refractivity contribution in [3.8, 4) is 5.69 Å². The fourth-order valence-electron chi connectivity index (χ4n) is 3.22. The van der Waals surface area contributed by atoms with Crippen LogP contribution in [0.5, 0.6) is 0 Å². The Morgan fingerprint density at radius 2 is 1.60 bits per heavy atom. The van der Waals surface area contributed by atoms with Crippen molar-refractivity contribution in [1.29, 1.82) is 0 Å². The van der Waals surface area contributed by atoms with Crippen LogP contribution in [0.3, 0.4) is 0 Å². The molecule has 1 heterocycles. The molecule has 128 valence electrons. The monoisotopic (exact) mass is 332 g/mol. The molecule has 0 spiro atoms. The predicted octanol–water partition coefficient (Wildman–Crippen LogP) is 4.63. The summed E-state index contributed by atoms with van der Waals surface area (Å²) in [4.78, 5) is 12.7. The van der Waals surface area contributed by atoms with Crippen LogP contribution in [0.4, 0.5) is 0 Å². The van der Waals surface area contributed by atoms with Crippen LogP contribution in [0, 0.1) is 13.8 Å². The molecule has 3 heteroatoms. The van der Waals surface area contributed by atoms with Crippen molar-refractivity contribution in [2.75, 3.05) is 6.54 Å². The number of nitrogens with one attached hydrogen (secondary N) is 1. The van der Waals surface area contributed by atoms with Crippen molar-refractivity contribution in [2.45, 2.75) is 26.8 Å². The zero-order chi connectivity index (χ0) is 17.8. The summed E-state index contributed by atoms with van der Waals surface area (Å²) in [6.45, 7) is 6.45. The molecule has 0 fully saturated rings. The number of hydrogen-bond donors (Lipinski definition) is 1. The maximum absolute atomic E-state index is 12.7. The smallest absolute Gasteiger partial charge is 0.178 e. The van der Waals surface area contributed by atoms with Gasteiger partial charge in [-0.25, -0.2) is 0 Å². The standard InChI is InChI=1S/C22H24N2O/c1-16-14-21(18(3)24(16)20-12-8-5-9-13-20)22(25)15-23-17(2)19-10-6-4-7-11-19/h4-14,17,23H,15H2,1-3H3. The first-order chi connectivity index (χ1) is 12.1. The molecule has 0 bridgehead atoms. The van der Waals surface area contributed by atoms with Gasteiger partial charge in [0.15, 0.2) is 5.78 Å². The number of carbonyl (C=O) groups excluding carboxylic acids is 1. The van der Waals surface area contributed by atoms with Crippen LogP contribution in [0.25, 0.3) is 5.69 Å². The van der Waals surface area contributed by atoms with Gasteiger partial charge >= 0.3 is 0 Å². The van der Waals surface area contributed by atoms with Crippen LogP contribution in [0.1, 0.15) is 40.3 Å². The molecule has 2 aromatic carbocycles. The molecule has 1 atom stereocenters. The van der Waals surface area contributed by atoms with E-state index in [1.165, 1.54) is 5.56 Å². The molecular formula is C22H24N2O. The van der Waals surface area contributed by atoms with Gasteiger partial charge in [0.2, 0.25) is 0 Å². The third kappa shape index (κ3) is 3.72. The first-order valence-electron chi connectivity index (χ1n) is 8.64. The first kappa shape index (κ1) is 17.2. The molecule has 0 aliphatic heterocycles. The number of hydrogen-bond acceptors (Lipinski definition) is 2. The number of aryl methyl sites for hydroxylation is 1. The molecule has 0 aliphatic rings. The molecule has 1 unspecified atom stereocenters. The highest BCUT2D eigenvalue weighted by Gasteiger charge is 2.17. The van der Waals surface area contributed by atoms with Crippen LogP contribution in [-0.4, -0.2) is 16.9 Å². The Morgan fingerprint density at radius 1 is 1.00 bits per heavy atom. The lowest BCUT2D eigenvalue weighted by atomic mass is 10.1. The van der Waals surface area contributed by atoms with E-state index in [1.807, 2.05) is 56.3 Å². The van der Waals surface area contributed by atoms with Crippen LogP contribution >= 0.6 is 0 Å². The number of Topliss-reactive ketones (excluding diaryl/α,β-unsaturated/α-hetero) is 1. The van der Waals surface area contributed by atoms with Gasteiger partial charge in [0.1, 0.15) is 0 Å². The Labute approximate surface area is 149 Å². The van der Waals surface area contributed by atoms with Gasteiger partial charge in [-0.3, -0.25) is 4.79 Å². The minimum absolute atomic E-state index is 0.123. The second kappa shape index (κ2) is 7.49. The van der Waals surface area contributed by atoms with Gasteiger partial charge in [-0.05, 0) is 44.5 Å². The Morgan fingerprint density at radius 3 is 2.24 bits per heavy atom. The zero-order valence-electron chi connectivity index (χ0n) is 15.0. The predicted molar refractivity (Wildman–Crippen MR) is 102 cm³/mol. The fraction of sp³-hybridized carbons (Fsp3) is 0.227. The highest BCUT2D eigenvalue weighted by Crippen LogP contribution is 2.21. The molecule has 25 heavy (non-hydrogen) atoms. The molecule has 0 amide bonds. The van der Waals surface area contributed by atoms with Gasteiger partial charge in [-0.15, -0.1) is 0 Å². The lowest BCUT2D eigenvalue weighted by Crippen LogP contribution is -2.26. The van der Waals surface area contributed by atoms with Crippen molar-refractivity contribution >= 4 is 5.78 Å².